The van der Waals surface area contributed by atoms with Gasteiger partial charge in [0.15, 0.2) is 0 Å². The Morgan fingerprint density at radius 2 is 0.278 bits per heavy atom. The Morgan fingerprint density at radius 3 is 0.278 bits per heavy atom. The van der Waals surface area contributed by atoms with Crippen LogP contribution in [-0.2, 0) is 44.4 Å². The molecule has 0 fully saturated rings. The minimum Gasteiger partial charge on any atom is -1.00 e. The molecule has 0 spiro atoms. The average molecular weight is 886 g/mol. The molecule has 0 heterocycles. The van der Waals surface area contributed by atoms with Gasteiger partial charge in [-0.15, -0.1) is 0 Å². The van der Waals surface area contributed by atoms with Crippen LogP contribution >= 0.6 is 0 Å². The van der Waals surface area contributed by atoms with Crippen LogP contribution in [0.1, 0.15) is 0 Å². The maximum absolute atomic E-state index is 7.50. The second kappa shape index (κ2) is 1160. The number of halogens is 7. The molecule has 0 atom stereocenters. The van der Waals surface area contributed by atoms with Crippen molar-refractivity contribution < 1.29 is 163 Å². The molecule has 0 bridgehead atoms. The van der Waals surface area contributed by atoms with E-state index in [1.54, 1.807) is 0 Å². The molecule has 0 N–H and O–H groups in total. The molecule has 10 radical (unpaired) electrons. The second-order valence-corrected chi connectivity index (χ2v) is 0. The van der Waals surface area contributed by atoms with Gasteiger partial charge >= 0.3 is 20.4 Å². The molecule has 0 amide bonds. The summed E-state index contributed by atoms with van der Waals surface area (Å²) in [4.78, 5) is 37.5. The van der Waals surface area contributed by atoms with E-state index in [1.807, 2.05) is 0 Å². The van der Waals surface area contributed by atoms with E-state index in [-0.39, 0.29) is 139 Å². The fraction of sp³-hybridized carbons (Fsp3) is 0. The molecule has 0 rings (SSSR count). The maximum atomic E-state index is 7.50. The van der Waals surface area contributed by atoms with Crippen molar-refractivity contribution in [1.29, 1.82) is 0 Å². The van der Waals surface area contributed by atoms with E-state index in [9.17, 15) is 0 Å². The number of carbonyl (C=O) groups excluding carboxylic acids is 5. The third kappa shape index (κ3) is 985. The van der Waals surface area contributed by atoms with Crippen LogP contribution in [0.3, 0.4) is 0 Å². The van der Waals surface area contributed by atoms with Gasteiger partial charge in [-0.2, -0.15) is 0 Å². The molecule has 0 unspecified atom stereocenters. The minimum atomic E-state index is 0. The molecular formula is C5Br7O5Re. The van der Waals surface area contributed by atoms with Crippen molar-refractivity contribution >= 4 is 33.9 Å². The van der Waals surface area contributed by atoms with Gasteiger partial charge in [0, 0.05) is 0 Å². The molecule has 0 saturated heterocycles. The summed E-state index contributed by atoms with van der Waals surface area (Å²) in [5, 5.41) is 0. The fourth-order valence-corrected chi connectivity index (χ4v) is 0. The Hall–Kier alpha value is 2.37. The SMILES string of the molecule is [Br-].[Br-].[Br-].[Br-].[Br-].[Br-].[Br-].[C]=O.[C]=O.[C]=O.[C]=O.[C]=O.[Re+7]. The van der Waals surface area contributed by atoms with Gasteiger partial charge in [-0.3, -0.25) is 24.0 Å². The van der Waals surface area contributed by atoms with Gasteiger partial charge in [0.1, 0.15) is 0 Å². The van der Waals surface area contributed by atoms with Crippen molar-refractivity contribution in [2.75, 3.05) is 0 Å². The summed E-state index contributed by atoms with van der Waals surface area (Å²) in [7, 11) is 0. The molecule has 0 aromatic rings. The summed E-state index contributed by atoms with van der Waals surface area (Å²) in [6, 6.07) is 0. The van der Waals surface area contributed by atoms with Gasteiger partial charge in [-0.05, 0) is 0 Å². The van der Waals surface area contributed by atoms with Crippen LogP contribution in [0.25, 0.3) is 0 Å². The predicted molar refractivity (Wildman–Crippen MR) is 28.5 cm³/mol. The second-order valence-electron chi connectivity index (χ2n) is 0. The minimum absolute atomic E-state index is 0. The van der Waals surface area contributed by atoms with E-state index >= 15 is 0 Å². The topological polar surface area (TPSA) is 85.3 Å². The van der Waals surface area contributed by atoms with Crippen molar-refractivity contribution in [3.63, 3.8) is 0 Å². The van der Waals surface area contributed by atoms with Gasteiger partial charge < -0.3 is 119 Å². The van der Waals surface area contributed by atoms with Crippen molar-refractivity contribution in [2.45, 2.75) is 0 Å². The van der Waals surface area contributed by atoms with E-state index in [2.05, 4.69) is 33.9 Å². The predicted octanol–water partition coefficient (Wildman–Crippen LogP) is -23.0. The molecule has 18 heavy (non-hydrogen) atoms. The molecule has 0 aliphatic rings. The number of hydrogen-bond donors (Lipinski definition) is 0. The van der Waals surface area contributed by atoms with E-state index in [1.165, 1.54) is 0 Å². The first-order chi connectivity index (χ1) is 5.00. The first kappa shape index (κ1) is 141. The molecular weight excluding hydrogens is 886 g/mol. The summed E-state index contributed by atoms with van der Waals surface area (Å²) in [5.41, 5.74) is 0. The van der Waals surface area contributed by atoms with Crippen molar-refractivity contribution in [3.8, 4) is 0 Å². The van der Waals surface area contributed by atoms with Crippen LogP contribution in [-0.4, -0.2) is 33.9 Å². The third-order valence-corrected chi connectivity index (χ3v) is 0. The normalized spacial score (nSPS) is 1.11. The van der Waals surface area contributed by atoms with Crippen LogP contribution < -0.4 is 119 Å². The van der Waals surface area contributed by atoms with Crippen LogP contribution in [0, 0.1) is 0 Å². The average Bonchev–Trinajstić information content (AvgIpc) is 2.20. The van der Waals surface area contributed by atoms with Crippen molar-refractivity contribution in [1.82, 2.24) is 0 Å². The zero-order chi connectivity index (χ0) is 10.0. The van der Waals surface area contributed by atoms with Gasteiger partial charge in [0.25, 0.3) is 33.9 Å². The molecule has 0 aliphatic heterocycles. The summed E-state index contributed by atoms with van der Waals surface area (Å²) < 4.78 is 0. The maximum Gasteiger partial charge on any atom is 7.00 e. The van der Waals surface area contributed by atoms with E-state index in [0.717, 1.165) is 0 Å². The van der Waals surface area contributed by atoms with Crippen LogP contribution in [0.15, 0.2) is 0 Å². The molecule has 0 aromatic heterocycles. The summed E-state index contributed by atoms with van der Waals surface area (Å²) >= 11 is 0. The molecule has 5 nitrogen and oxygen atoms in total. The summed E-state index contributed by atoms with van der Waals surface area (Å²) in [5.74, 6) is 0. The summed E-state index contributed by atoms with van der Waals surface area (Å²) in [6.45, 7) is 22.5. The Kier molecular flexibility index (Phi) is 9080. The molecule has 0 saturated carbocycles. The largest absolute Gasteiger partial charge is 7.00 e. The molecule has 13 heteroatoms. The van der Waals surface area contributed by atoms with Gasteiger partial charge in [0.05, 0.1) is 0 Å². The van der Waals surface area contributed by atoms with Crippen LogP contribution in [0.4, 0.5) is 0 Å². The van der Waals surface area contributed by atoms with E-state index in [0.29, 0.717) is 0 Å². The van der Waals surface area contributed by atoms with Gasteiger partial charge in [0.2, 0.25) is 0 Å². The Morgan fingerprint density at radius 1 is 0.278 bits per heavy atom. The first-order valence-electron chi connectivity index (χ1n) is 1.02. The van der Waals surface area contributed by atoms with E-state index in [4.69, 9.17) is 24.0 Å². The molecule has 0 aromatic carbocycles. The monoisotopic (exact) mass is 879 g/mol. The molecule has 0 aliphatic carbocycles. The zero-order valence-corrected chi connectivity index (χ0v) is 21.4. The Bertz CT molecular complexity index is 43.8. The Labute approximate surface area is 194 Å². The standard InChI is InChI=1S/5CO.7BrH.Re/c5*1-2;;;;;;;;/h;;;;;7*1H;/q;;;;;;;;;;;;+7/p-7. The van der Waals surface area contributed by atoms with Crippen molar-refractivity contribution in [2.24, 2.45) is 0 Å². The third-order valence-electron chi connectivity index (χ3n) is 0. The molecule has 106 valence electrons. The smallest absolute Gasteiger partial charge is 1.00 e. The van der Waals surface area contributed by atoms with Crippen LogP contribution in [0.2, 0.25) is 0 Å². The van der Waals surface area contributed by atoms with Crippen LogP contribution in [0.5, 0.6) is 0 Å². The van der Waals surface area contributed by atoms with Crippen molar-refractivity contribution in [3.05, 3.63) is 0 Å². The summed E-state index contributed by atoms with van der Waals surface area (Å²) in [6.07, 6.45) is 0. The van der Waals surface area contributed by atoms with E-state index < -0.39 is 0 Å². The zero-order valence-electron chi connectivity index (χ0n) is 7.56. The fourth-order valence-electron chi connectivity index (χ4n) is 0. The quantitative estimate of drug-likeness (QED) is 0.242. The number of hydrogen-bond acceptors (Lipinski definition) is 5. The Balaban J connectivity index is -0.00000000142. The first-order valence-corrected chi connectivity index (χ1v) is 1.02. The number of rotatable bonds is 0. The van der Waals surface area contributed by atoms with Gasteiger partial charge in [-0.1, -0.05) is 0 Å². The van der Waals surface area contributed by atoms with Gasteiger partial charge in [-0.25, -0.2) is 0 Å².